The minimum atomic E-state index is 0.604. The van der Waals surface area contributed by atoms with Crippen molar-refractivity contribution in [3.8, 4) is 0 Å². The fourth-order valence-corrected chi connectivity index (χ4v) is 3.24. The molecule has 1 aliphatic rings. The molecule has 0 amide bonds. The molecule has 0 N–H and O–H groups in total. The van der Waals surface area contributed by atoms with E-state index in [2.05, 4.69) is 57.0 Å². The Bertz CT molecular complexity index is 637. The highest BCUT2D eigenvalue weighted by Crippen LogP contribution is 2.46. The Kier molecular flexibility index (Phi) is 3.71. The van der Waals surface area contributed by atoms with E-state index in [0.29, 0.717) is 12.0 Å². The van der Waals surface area contributed by atoms with Crippen LogP contribution in [-0.4, -0.2) is 13.1 Å². The lowest BCUT2D eigenvalue weighted by atomic mass is 9.98. The van der Waals surface area contributed by atoms with Crippen LogP contribution in [0, 0.1) is 20.8 Å². The molecule has 0 radical (unpaired) electrons. The van der Waals surface area contributed by atoms with Gasteiger partial charge in [-0.2, -0.15) is 0 Å². The average Bonchev–Trinajstić information content (AvgIpc) is 3.25. The first-order valence-electron chi connectivity index (χ1n) is 7.53. The lowest BCUT2D eigenvalue weighted by Gasteiger charge is -2.20. The highest BCUT2D eigenvalue weighted by Gasteiger charge is 2.41. The SMILES string of the molecule is Cc1cc(C2CC2N(C)c2ccc(Cl)cc2)cc(C)c1C. The van der Waals surface area contributed by atoms with Gasteiger partial charge in [-0.3, -0.25) is 0 Å². The van der Waals surface area contributed by atoms with Gasteiger partial charge in [0, 0.05) is 29.7 Å². The van der Waals surface area contributed by atoms with Crippen molar-refractivity contribution in [1.29, 1.82) is 0 Å². The van der Waals surface area contributed by atoms with Crippen LogP contribution in [0.5, 0.6) is 0 Å². The molecule has 1 saturated carbocycles. The molecular formula is C19H22ClN. The third-order valence-electron chi connectivity index (χ3n) is 4.87. The smallest absolute Gasteiger partial charge is 0.0407 e. The van der Waals surface area contributed by atoms with E-state index >= 15 is 0 Å². The van der Waals surface area contributed by atoms with Crippen molar-refractivity contribution < 1.29 is 0 Å². The zero-order valence-corrected chi connectivity index (χ0v) is 13.9. The standard InChI is InChI=1S/C19H22ClN/c1-12-9-15(10-13(2)14(12)3)18-11-19(18)21(4)17-7-5-16(20)6-8-17/h5-10,18-19H,11H2,1-4H3. The van der Waals surface area contributed by atoms with E-state index < -0.39 is 0 Å². The molecule has 2 aromatic carbocycles. The Morgan fingerprint density at radius 3 is 2.14 bits per heavy atom. The third kappa shape index (κ3) is 2.80. The highest BCUT2D eigenvalue weighted by molar-refractivity contribution is 6.30. The van der Waals surface area contributed by atoms with E-state index in [0.717, 1.165) is 5.02 Å². The molecule has 1 fully saturated rings. The summed E-state index contributed by atoms with van der Waals surface area (Å²) in [7, 11) is 2.18. The van der Waals surface area contributed by atoms with E-state index in [4.69, 9.17) is 11.6 Å². The van der Waals surface area contributed by atoms with Gasteiger partial charge in [-0.05, 0) is 73.7 Å². The second kappa shape index (κ2) is 5.38. The first-order chi connectivity index (χ1) is 9.97. The number of halogens is 1. The van der Waals surface area contributed by atoms with Crippen molar-refractivity contribution in [1.82, 2.24) is 0 Å². The fraction of sp³-hybridized carbons (Fsp3) is 0.368. The van der Waals surface area contributed by atoms with Crippen molar-refractivity contribution in [2.45, 2.75) is 39.2 Å². The van der Waals surface area contributed by atoms with Crippen molar-refractivity contribution in [2.75, 3.05) is 11.9 Å². The largest absolute Gasteiger partial charge is 0.371 e. The third-order valence-corrected chi connectivity index (χ3v) is 5.12. The van der Waals surface area contributed by atoms with Gasteiger partial charge in [0.05, 0.1) is 0 Å². The summed E-state index contributed by atoms with van der Waals surface area (Å²) < 4.78 is 0. The van der Waals surface area contributed by atoms with E-state index in [1.165, 1.54) is 34.4 Å². The van der Waals surface area contributed by atoms with Gasteiger partial charge in [0.25, 0.3) is 0 Å². The zero-order valence-electron chi connectivity index (χ0n) is 13.2. The van der Waals surface area contributed by atoms with Crippen LogP contribution < -0.4 is 4.90 Å². The van der Waals surface area contributed by atoms with E-state index in [9.17, 15) is 0 Å². The van der Waals surface area contributed by atoms with E-state index in [-0.39, 0.29) is 0 Å². The van der Waals surface area contributed by atoms with Crippen molar-refractivity contribution in [3.63, 3.8) is 0 Å². The van der Waals surface area contributed by atoms with Gasteiger partial charge in [0.2, 0.25) is 0 Å². The number of anilines is 1. The van der Waals surface area contributed by atoms with Crippen LogP contribution in [-0.2, 0) is 0 Å². The number of benzene rings is 2. The number of aryl methyl sites for hydroxylation is 2. The normalized spacial score (nSPS) is 20.4. The molecule has 0 bridgehead atoms. The molecule has 2 heteroatoms. The summed E-state index contributed by atoms with van der Waals surface area (Å²) in [5, 5.41) is 0.796. The lowest BCUT2D eigenvalue weighted by molar-refractivity contribution is 0.878. The minimum absolute atomic E-state index is 0.604. The maximum Gasteiger partial charge on any atom is 0.0407 e. The van der Waals surface area contributed by atoms with Crippen LogP contribution in [0.2, 0.25) is 5.02 Å². The molecule has 2 aromatic rings. The maximum absolute atomic E-state index is 5.97. The van der Waals surface area contributed by atoms with Gasteiger partial charge in [-0.25, -0.2) is 0 Å². The van der Waals surface area contributed by atoms with E-state index in [1.54, 1.807) is 0 Å². The molecule has 110 valence electrons. The molecule has 2 unspecified atom stereocenters. The Labute approximate surface area is 132 Å². The fourth-order valence-electron chi connectivity index (χ4n) is 3.12. The Balaban J connectivity index is 1.78. The maximum atomic E-state index is 5.97. The molecule has 0 aromatic heterocycles. The molecule has 3 rings (SSSR count). The molecule has 0 spiro atoms. The number of hydrogen-bond donors (Lipinski definition) is 0. The number of likely N-dealkylation sites (N-methyl/N-ethyl adjacent to an activating group) is 1. The zero-order chi connectivity index (χ0) is 15.1. The summed E-state index contributed by atoms with van der Waals surface area (Å²) in [4.78, 5) is 2.38. The molecule has 0 saturated heterocycles. The number of hydrogen-bond acceptors (Lipinski definition) is 1. The number of nitrogens with zero attached hydrogens (tertiary/aromatic N) is 1. The van der Waals surface area contributed by atoms with Gasteiger partial charge >= 0.3 is 0 Å². The Morgan fingerprint density at radius 1 is 1.00 bits per heavy atom. The van der Waals surface area contributed by atoms with Crippen LogP contribution in [0.15, 0.2) is 36.4 Å². The molecule has 0 aliphatic heterocycles. The molecule has 1 aliphatic carbocycles. The highest BCUT2D eigenvalue weighted by atomic mass is 35.5. The summed E-state index contributed by atoms with van der Waals surface area (Å²) in [6.07, 6.45) is 1.24. The summed E-state index contributed by atoms with van der Waals surface area (Å²) in [6, 6.07) is 13.5. The second-order valence-corrected chi connectivity index (χ2v) is 6.71. The summed E-state index contributed by atoms with van der Waals surface area (Å²) >= 11 is 5.97. The van der Waals surface area contributed by atoms with Crippen LogP contribution in [0.25, 0.3) is 0 Å². The first kappa shape index (κ1) is 14.5. The Morgan fingerprint density at radius 2 is 1.57 bits per heavy atom. The molecule has 2 atom stereocenters. The molecule has 1 nitrogen and oxygen atoms in total. The first-order valence-corrected chi connectivity index (χ1v) is 7.91. The van der Waals surface area contributed by atoms with Gasteiger partial charge in [-0.15, -0.1) is 0 Å². The lowest BCUT2D eigenvalue weighted by Crippen LogP contribution is -2.20. The van der Waals surface area contributed by atoms with Gasteiger partial charge in [-0.1, -0.05) is 23.7 Å². The number of rotatable bonds is 3. The predicted octanol–water partition coefficient (Wildman–Crippen LogP) is 5.26. The topological polar surface area (TPSA) is 3.24 Å². The van der Waals surface area contributed by atoms with Crippen molar-refractivity contribution in [2.24, 2.45) is 0 Å². The van der Waals surface area contributed by atoms with Gasteiger partial charge in [0.15, 0.2) is 0 Å². The summed E-state index contributed by atoms with van der Waals surface area (Å²) in [5.74, 6) is 0.656. The summed E-state index contributed by atoms with van der Waals surface area (Å²) in [5.41, 5.74) is 6.96. The Hall–Kier alpha value is -1.47. The van der Waals surface area contributed by atoms with Crippen LogP contribution >= 0.6 is 11.6 Å². The second-order valence-electron chi connectivity index (χ2n) is 6.28. The van der Waals surface area contributed by atoms with Crippen LogP contribution in [0.3, 0.4) is 0 Å². The molecule has 0 heterocycles. The van der Waals surface area contributed by atoms with Crippen molar-refractivity contribution in [3.05, 3.63) is 63.7 Å². The summed E-state index contributed by atoms with van der Waals surface area (Å²) in [6.45, 7) is 6.64. The molecule has 21 heavy (non-hydrogen) atoms. The average molecular weight is 300 g/mol. The minimum Gasteiger partial charge on any atom is -0.371 e. The van der Waals surface area contributed by atoms with Gasteiger partial charge in [0.1, 0.15) is 0 Å². The van der Waals surface area contributed by atoms with Crippen LogP contribution in [0.4, 0.5) is 5.69 Å². The predicted molar refractivity (Wildman–Crippen MR) is 91.7 cm³/mol. The quantitative estimate of drug-likeness (QED) is 0.747. The van der Waals surface area contributed by atoms with Gasteiger partial charge < -0.3 is 4.90 Å². The van der Waals surface area contributed by atoms with E-state index in [1.807, 2.05) is 12.1 Å². The van der Waals surface area contributed by atoms with Crippen LogP contribution in [0.1, 0.15) is 34.6 Å². The van der Waals surface area contributed by atoms with Crippen molar-refractivity contribution >= 4 is 17.3 Å². The monoisotopic (exact) mass is 299 g/mol. The molecular weight excluding hydrogens is 278 g/mol.